The highest BCUT2D eigenvalue weighted by atomic mass is 16.5. The van der Waals surface area contributed by atoms with Crippen LogP contribution in [0.3, 0.4) is 0 Å². The van der Waals surface area contributed by atoms with Crippen LogP contribution in [0, 0.1) is 5.92 Å². The standard InChI is InChI=1S/C26H49N5O6/c1-4-16-36-18-19-37-17-15-31(22-9-13-27-14-10-22)24(34)8-7-23(33)30-25(21(2)3)26(35)29-12-6-5-11-28-20-32/h20-22,25,27H,4-19H2,1-3H3,(H,28,32)(H,29,35)(H,30,33). The van der Waals surface area contributed by atoms with Crippen LogP contribution in [-0.4, -0.2) is 100 Å². The summed E-state index contributed by atoms with van der Waals surface area (Å²) in [5, 5.41) is 11.5. The summed E-state index contributed by atoms with van der Waals surface area (Å²) in [5.41, 5.74) is 0. The topological polar surface area (TPSA) is 138 Å². The summed E-state index contributed by atoms with van der Waals surface area (Å²) in [6.07, 6.45) is 4.96. The van der Waals surface area contributed by atoms with Crippen LogP contribution in [0.1, 0.15) is 65.7 Å². The van der Waals surface area contributed by atoms with E-state index in [2.05, 4.69) is 28.2 Å². The van der Waals surface area contributed by atoms with Gasteiger partial charge in [0.25, 0.3) is 0 Å². The smallest absolute Gasteiger partial charge is 0.242 e. The number of unbranched alkanes of at least 4 members (excludes halogenated alkanes) is 1. The molecular formula is C26H49N5O6. The molecule has 0 aromatic carbocycles. The number of hydrogen-bond donors (Lipinski definition) is 4. The van der Waals surface area contributed by atoms with Crippen LogP contribution in [0.15, 0.2) is 0 Å². The Hall–Kier alpha value is -2.24. The first-order chi connectivity index (χ1) is 17.9. The SMILES string of the molecule is CCCOCCOCCN(C(=O)CCC(=O)NC(C(=O)NCCCCNC=O)C(C)C)C1CCNCC1. The van der Waals surface area contributed by atoms with Gasteiger partial charge in [-0.05, 0) is 51.1 Å². The number of ether oxygens (including phenoxy) is 2. The van der Waals surface area contributed by atoms with E-state index in [0.29, 0.717) is 52.5 Å². The van der Waals surface area contributed by atoms with Gasteiger partial charge in [-0.2, -0.15) is 0 Å². The molecular weight excluding hydrogens is 478 g/mol. The van der Waals surface area contributed by atoms with Gasteiger partial charge in [-0.3, -0.25) is 19.2 Å². The molecule has 1 unspecified atom stereocenters. The Bertz CT molecular complexity index is 657. The maximum Gasteiger partial charge on any atom is 0.242 e. The molecule has 0 bridgehead atoms. The molecule has 214 valence electrons. The van der Waals surface area contributed by atoms with E-state index in [9.17, 15) is 19.2 Å². The Morgan fingerprint density at radius 2 is 1.68 bits per heavy atom. The van der Waals surface area contributed by atoms with Crippen molar-refractivity contribution in [3.05, 3.63) is 0 Å². The maximum absolute atomic E-state index is 13.1. The van der Waals surface area contributed by atoms with Gasteiger partial charge in [0.15, 0.2) is 0 Å². The predicted molar refractivity (Wildman–Crippen MR) is 142 cm³/mol. The molecule has 1 aliphatic rings. The second-order valence-electron chi connectivity index (χ2n) is 9.65. The van der Waals surface area contributed by atoms with Crippen molar-refractivity contribution >= 4 is 24.1 Å². The lowest BCUT2D eigenvalue weighted by molar-refractivity contribution is -0.137. The van der Waals surface area contributed by atoms with E-state index in [4.69, 9.17) is 9.47 Å². The summed E-state index contributed by atoms with van der Waals surface area (Å²) < 4.78 is 11.1. The highest BCUT2D eigenvalue weighted by Crippen LogP contribution is 2.14. The van der Waals surface area contributed by atoms with Gasteiger partial charge < -0.3 is 35.6 Å². The van der Waals surface area contributed by atoms with Gasteiger partial charge in [0, 0.05) is 45.1 Å². The zero-order chi connectivity index (χ0) is 27.3. The van der Waals surface area contributed by atoms with E-state index in [1.165, 1.54) is 0 Å². The van der Waals surface area contributed by atoms with Gasteiger partial charge in [-0.25, -0.2) is 0 Å². The van der Waals surface area contributed by atoms with E-state index >= 15 is 0 Å². The fourth-order valence-corrected chi connectivity index (χ4v) is 4.14. The molecule has 1 rings (SSSR count). The van der Waals surface area contributed by atoms with E-state index in [1.807, 2.05) is 18.7 Å². The summed E-state index contributed by atoms with van der Waals surface area (Å²) in [6, 6.07) is -0.535. The first kappa shape index (κ1) is 32.8. The van der Waals surface area contributed by atoms with Crippen LogP contribution >= 0.6 is 0 Å². The average molecular weight is 528 g/mol. The minimum Gasteiger partial charge on any atom is -0.379 e. The molecule has 1 saturated heterocycles. The lowest BCUT2D eigenvalue weighted by Crippen LogP contribution is -2.50. The van der Waals surface area contributed by atoms with Crippen molar-refractivity contribution in [2.75, 3.05) is 59.2 Å². The van der Waals surface area contributed by atoms with Gasteiger partial charge in [0.2, 0.25) is 24.1 Å². The molecule has 0 saturated carbocycles. The van der Waals surface area contributed by atoms with Crippen LogP contribution in [0.4, 0.5) is 0 Å². The summed E-state index contributed by atoms with van der Waals surface area (Å²) >= 11 is 0. The Morgan fingerprint density at radius 3 is 2.32 bits per heavy atom. The van der Waals surface area contributed by atoms with Crippen LogP contribution in [-0.2, 0) is 28.7 Å². The summed E-state index contributed by atoms with van der Waals surface area (Å²) in [7, 11) is 0. The van der Waals surface area contributed by atoms with Gasteiger partial charge in [0.05, 0.1) is 19.8 Å². The molecule has 1 heterocycles. The average Bonchev–Trinajstić information content (AvgIpc) is 2.89. The number of nitrogens with one attached hydrogen (secondary N) is 4. The Balaban J connectivity index is 2.49. The number of amides is 4. The quantitative estimate of drug-likeness (QED) is 0.126. The molecule has 37 heavy (non-hydrogen) atoms. The van der Waals surface area contributed by atoms with Crippen molar-refractivity contribution in [3.63, 3.8) is 0 Å². The molecule has 0 spiro atoms. The number of carbonyl (C=O) groups excluding carboxylic acids is 4. The van der Waals surface area contributed by atoms with Crippen LogP contribution in [0.2, 0.25) is 0 Å². The monoisotopic (exact) mass is 527 g/mol. The fourth-order valence-electron chi connectivity index (χ4n) is 4.14. The largest absolute Gasteiger partial charge is 0.379 e. The Morgan fingerprint density at radius 1 is 1.00 bits per heavy atom. The van der Waals surface area contributed by atoms with E-state index < -0.39 is 6.04 Å². The zero-order valence-electron chi connectivity index (χ0n) is 23.0. The molecule has 1 atom stereocenters. The summed E-state index contributed by atoms with van der Waals surface area (Å²) in [4.78, 5) is 50.5. The summed E-state index contributed by atoms with van der Waals surface area (Å²) in [6.45, 7) is 11.2. The van der Waals surface area contributed by atoms with Crippen LogP contribution in [0.25, 0.3) is 0 Å². The minimum atomic E-state index is -0.667. The van der Waals surface area contributed by atoms with Crippen molar-refractivity contribution < 1.29 is 28.7 Å². The molecule has 0 aliphatic carbocycles. The predicted octanol–water partition coefficient (Wildman–Crippen LogP) is 0.574. The number of hydrogen-bond acceptors (Lipinski definition) is 7. The molecule has 1 fully saturated rings. The summed E-state index contributed by atoms with van der Waals surface area (Å²) in [5.74, 6) is -0.718. The minimum absolute atomic E-state index is 0.0277. The Kier molecular flexibility index (Phi) is 18.4. The van der Waals surface area contributed by atoms with Crippen LogP contribution < -0.4 is 21.3 Å². The van der Waals surface area contributed by atoms with Crippen molar-refractivity contribution in [2.45, 2.75) is 77.8 Å². The molecule has 4 N–H and O–H groups in total. The lowest BCUT2D eigenvalue weighted by Gasteiger charge is -2.35. The molecule has 0 aromatic rings. The van der Waals surface area contributed by atoms with Gasteiger partial charge in [0.1, 0.15) is 6.04 Å². The number of piperidine rings is 1. The van der Waals surface area contributed by atoms with Crippen molar-refractivity contribution in [1.29, 1.82) is 0 Å². The number of carbonyl (C=O) groups is 4. The molecule has 1 aliphatic heterocycles. The number of nitrogens with zero attached hydrogens (tertiary/aromatic N) is 1. The molecule has 0 radical (unpaired) electrons. The van der Waals surface area contributed by atoms with E-state index in [-0.39, 0.29) is 42.5 Å². The van der Waals surface area contributed by atoms with E-state index in [1.54, 1.807) is 0 Å². The van der Waals surface area contributed by atoms with Crippen molar-refractivity contribution in [2.24, 2.45) is 5.92 Å². The zero-order valence-corrected chi connectivity index (χ0v) is 23.0. The van der Waals surface area contributed by atoms with Gasteiger partial charge in [-0.15, -0.1) is 0 Å². The Labute approximate surface area is 222 Å². The molecule has 11 nitrogen and oxygen atoms in total. The fraction of sp³-hybridized carbons (Fsp3) is 0.846. The third-order valence-corrected chi connectivity index (χ3v) is 6.23. The third kappa shape index (κ3) is 14.9. The first-order valence-electron chi connectivity index (χ1n) is 13.8. The highest BCUT2D eigenvalue weighted by molar-refractivity contribution is 5.89. The second kappa shape index (κ2) is 20.8. The molecule has 0 aromatic heterocycles. The van der Waals surface area contributed by atoms with Gasteiger partial charge in [-0.1, -0.05) is 20.8 Å². The second-order valence-corrected chi connectivity index (χ2v) is 9.65. The van der Waals surface area contributed by atoms with Crippen LogP contribution in [0.5, 0.6) is 0 Å². The molecule has 4 amide bonds. The maximum atomic E-state index is 13.1. The van der Waals surface area contributed by atoms with E-state index in [0.717, 1.165) is 45.2 Å². The normalized spacial score (nSPS) is 14.7. The lowest BCUT2D eigenvalue weighted by atomic mass is 10.0. The highest BCUT2D eigenvalue weighted by Gasteiger charge is 2.27. The van der Waals surface area contributed by atoms with Gasteiger partial charge >= 0.3 is 0 Å². The third-order valence-electron chi connectivity index (χ3n) is 6.23. The van der Waals surface area contributed by atoms with Crippen molar-refractivity contribution in [1.82, 2.24) is 26.2 Å². The van der Waals surface area contributed by atoms with Crippen molar-refractivity contribution in [3.8, 4) is 0 Å². The number of rotatable bonds is 21. The first-order valence-corrected chi connectivity index (χ1v) is 13.8. The molecule has 11 heteroatoms.